The first-order chi connectivity index (χ1) is 10.1. The molecule has 0 spiro atoms. The normalized spacial score (nSPS) is 54.2. The van der Waals surface area contributed by atoms with E-state index in [1.807, 2.05) is 6.08 Å². The molecule has 0 aromatic heterocycles. The maximum absolute atomic E-state index is 11.0. The molecule has 0 amide bonds. The maximum Gasteiger partial charge on any atom is 0.0957 e. The van der Waals surface area contributed by atoms with Crippen LogP contribution < -0.4 is 0 Å². The van der Waals surface area contributed by atoms with Crippen LogP contribution in [0.2, 0.25) is 0 Å². The molecule has 2 saturated carbocycles. The molecule has 1 aliphatic heterocycles. The summed E-state index contributed by atoms with van der Waals surface area (Å²) in [5.74, 6) is 1.04. The van der Waals surface area contributed by atoms with Crippen molar-refractivity contribution in [2.45, 2.75) is 90.4 Å². The lowest BCUT2D eigenvalue weighted by Gasteiger charge is -2.66. The molecule has 6 atom stereocenters. The van der Waals surface area contributed by atoms with Crippen LogP contribution in [0.1, 0.15) is 73.1 Å². The maximum atomic E-state index is 11.0. The zero-order valence-corrected chi connectivity index (χ0v) is 15.1. The second kappa shape index (κ2) is 4.83. The number of aliphatic hydroxyl groups excluding tert-OH is 1. The first-order valence-electron chi connectivity index (χ1n) is 9.09. The summed E-state index contributed by atoms with van der Waals surface area (Å²) in [6, 6.07) is 0. The Morgan fingerprint density at radius 1 is 1.05 bits per heavy atom. The third kappa shape index (κ3) is 2.13. The SMILES string of the molecule is C=C[C@@]1(C)CC[C@@H]2[C@@]3(C)CCCC(C)(C)[C@@H]3C[C@H](O)[C@@]2(C)O1. The van der Waals surface area contributed by atoms with Crippen molar-refractivity contribution in [3.05, 3.63) is 12.7 Å². The van der Waals surface area contributed by atoms with E-state index in [2.05, 4.69) is 41.2 Å². The zero-order valence-electron chi connectivity index (χ0n) is 15.1. The van der Waals surface area contributed by atoms with Gasteiger partial charge in [0.2, 0.25) is 0 Å². The third-order valence-electron chi connectivity index (χ3n) is 7.70. The van der Waals surface area contributed by atoms with Crippen molar-refractivity contribution in [2.75, 3.05) is 0 Å². The molecule has 0 aromatic rings. The van der Waals surface area contributed by atoms with Gasteiger partial charge in [0.05, 0.1) is 17.3 Å². The predicted molar refractivity (Wildman–Crippen MR) is 90.7 cm³/mol. The van der Waals surface area contributed by atoms with E-state index in [-0.39, 0.29) is 17.1 Å². The number of hydrogen-bond donors (Lipinski definition) is 1. The van der Waals surface area contributed by atoms with Gasteiger partial charge in [0.25, 0.3) is 0 Å². The summed E-state index contributed by atoms with van der Waals surface area (Å²) < 4.78 is 6.54. The molecular weight excluding hydrogens is 272 g/mol. The lowest BCUT2D eigenvalue weighted by atomic mass is 9.44. The summed E-state index contributed by atoms with van der Waals surface area (Å²) >= 11 is 0. The number of aliphatic hydroxyl groups is 1. The second-order valence-corrected chi connectivity index (χ2v) is 9.55. The van der Waals surface area contributed by atoms with Crippen LogP contribution in [-0.2, 0) is 4.74 Å². The molecule has 0 aromatic carbocycles. The van der Waals surface area contributed by atoms with Gasteiger partial charge in [0.15, 0.2) is 0 Å². The van der Waals surface area contributed by atoms with Gasteiger partial charge in [0, 0.05) is 0 Å². The molecule has 22 heavy (non-hydrogen) atoms. The monoisotopic (exact) mass is 306 g/mol. The standard InChI is InChI=1S/C20H34O2/c1-7-18(4)12-9-14-19(5)11-8-10-17(2,3)15(19)13-16(21)20(14,6)22-18/h7,14-16,21H,1,8-13H2,2-6H3/t14-,15+,16+,18+,19-,20+/m1/s1. The lowest BCUT2D eigenvalue weighted by Crippen LogP contribution is -2.67. The summed E-state index contributed by atoms with van der Waals surface area (Å²) in [7, 11) is 0. The molecule has 0 radical (unpaired) electrons. The summed E-state index contributed by atoms with van der Waals surface area (Å²) in [4.78, 5) is 0. The van der Waals surface area contributed by atoms with Gasteiger partial charge in [-0.2, -0.15) is 0 Å². The highest BCUT2D eigenvalue weighted by molar-refractivity contribution is 5.15. The van der Waals surface area contributed by atoms with Crippen LogP contribution in [-0.4, -0.2) is 22.4 Å². The molecule has 1 N–H and O–H groups in total. The Bertz CT molecular complexity index is 470. The van der Waals surface area contributed by atoms with Crippen LogP contribution in [0.25, 0.3) is 0 Å². The van der Waals surface area contributed by atoms with Gasteiger partial charge in [-0.15, -0.1) is 6.58 Å². The highest BCUT2D eigenvalue weighted by Crippen LogP contribution is 2.65. The minimum atomic E-state index is -0.431. The molecule has 2 nitrogen and oxygen atoms in total. The van der Waals surface area contributed by atoms with Crippen molar-refractivity contribution in [3.8, 4) is 0 Å². The van der Waals surface area contributed by atoms with Crippen molar-refractivity contribution in [1.82, 2.24) is 0 Å². The van der Waals surface area contributed by atoms with E-state index in [1.165, 1.54) is 19.3 Å². The van der Waals surface area contributed by atoms with E-state index in [1.54, 1.807) is 0 Å². The number of ether oxygens (including phenoxy) is 1. The van der Waals surface area contributed by atoms with E-state index in [4.69, 9.17) is 4.74 Å². The Labute approximate surface area is 136 Å². The molecule has 2 aliphatic carbocycles. The summed E-state index contributed by atoms with van der Waals surface area (Å²) in [6.07, 6.45) is 8.47. The van der Waals surface area contributed by atoms with Gasteiger partial charge in [-0.25, -0.2) is 0 Å². The smallest absolute Gasteiger partial charge is 0.0957 e. The Morgan fingerprint density at radius 2 is 1.73 bits per heavy atom. The van der Waals surface area contributed by atoms with Crippen molar-refractivity contribution in [3.63, 3.8) is 0 Å². The van der Waals surface area contributed by atoms with Crippen LogP contribution in [0.4, 0.5) is 0 Å². The first kappa shape index (κ1) is 16.5. The van der Waals surface area contributed by atoms with Gasteiger partial charge in [0.1, 0.15) is 0 Å². The third-order valence-corrected chi connectivity index (χ3v) is 7.70. The molecule has 1 saturated heterocycles. The minimum absolute atomic E-state index is 0.290. The number of rotatable bonds is 1. The molecule has 0 unspecified atom stereocenters. The molecule has 1 heterocycles. The molecule has 3 fully saturated rings. The van der Waals surface area contributed by atoms with Crippen LogP contribution >= 0.6 is 0 Å². The second-order valence-electron chi connectivity index (χ2n) is 9.55. The predicted octanol–water partition coefficient (Wildman–Crippen LogP) is 4.71. The van der Waals surface area contributed by atoms with Gasteiger partial charge in [-0.05, 0) is 68.6 Å². The summed E-state index contributed by atoms with van der Waals surface area (Å²) in [5, 5.41) is 11.0. The summed E-state index contributed by atoms with van der Waals surface area (Å²) in [6.45, 7) is 15.5. The summed E-state index contributed by atoms with van der Waals surface area (Å²) in [5.41, 5.74) is -0.105. The zero-order chi connectivity index (χ0) is 16.4. The lowest BCUT2D eigenvalue weighted by molar-refractivity contribution is -0.290. The quantitative estimate of drug-likeness (QED) is 0.711. The minimum Gasteiger partial charge on any atom is -0.390 e. The Hall–Kier alpha value is -0.340. The van der Waals surface area contributed by atoms with Gasteiger partial charge >= 0.3 is 0 Å². The average Bonchev–Trinajstić information content (AvgIpc) is 2.41. The Kier molecular flexibility index (Phi) is 3.63. The van der Waals surface area contributed by atoms with E-state index in [0.29, 0.717) is 17.3 Å². The topological polar surface area (TPSA) is 29.5 Å². The van der Waals surface area contributed by atoms with Gasteiger partial charge in [-0.3, -0.25) is 0 Å². The van der Waals surface area contributed by atoms with Crippen molar-refractivity contribution in [1.29, 1.82) is 0 Å². The van der Waals surface area contributed by atoms with E-state index in [0.717, 1.165) is 19.3 Å². The number of fused-ring (bicyclic) bond motifs is 3. The van der Waals surface area contributed by atoms with Gasteiger partial charge in [-0.1, -0.05) is 33.3 Å². The average molecular weight is 306 g/mol. The molecule has 0 bridgehead atoms. The fourth-order valence-electron chi connectivity index (χ4n) is 6.40. The highest BCUT2D eigenvalue weighted by atomic mass is 16.5. The fraction of sp³-hybridized carbons (Fsp3) is 0.900. The molecule has 3 aliphatic rings. The first-order valence-corrected chi connectivity index (χ1v) is 9.09. The van der Waals surface area contributed by atoms with Crippen LogP contribution in [0.15, 0.2) is 12.7 Å². The van der Waals surface area contributed by atoms with Crippen molar-refractivity contribution in [2.24, 2.45) is 22.7 Å². The van der Waals surface area contributed by atoms with Crippen LogP contribution in [0, 0.1) is 22.7 Å². The van der Waals surface area contributed by atoms with E-state index < -0.39 is 5.60 Å². The van der Waals surface area contributed by atoms with Gasteiger partial charge < -0.3 is 9.84 Å². The Balaban J connectivity index is 2.01. The van der Waals surface area contributed by atoms with E-state index >= 15 is 0 Å². The van der Waals surface area contributed by atoms with Crippen molar-refractivity contribution < 1.29 is 9.84 Å². The van der Waals surface area contributed by atoms with E-state index in [9.17, 15) is 5.11 Å². The highest BCUT2D eigenvalue weighted by Gasteiger charge is 2.64. The molecule has 126 valence electrons. The van der Waals surface area contributed by atoms with Crippen molar-refractivity contribution >= 4 is 0 Å². The molecule has 2 heteroatoms. The molecule has 3 rings (SSSR count). The Morgan fingerprint density at radius 3 is 2.36 bits per heavy atom. The number of hydrogen-bond acceptors (Lipinski definition) is 2. The van der Waals surface area contributed by atoms with Crippen LogP contribution in [0.5, 0.6) is 0 Å². The largest absolute Gasteiger partial charge is 0.390 e. The molecular formula is C20H34O2. The van der Waals surface area contributed by atoms with Crippen LogP contribution in [0.3, 0.4) is 0 Å². The fourth-order valence-corrected chi connectivity index (χ4v) is 6.40.